The highest BCUT2D eigenvalue weighted by Gasteiger charge is 2.27. The van der Waals surface area contributed by atoms with Crippen molar-refractivity contribution in [3.05, 3.63) is 107 Å². The molecule has 1 amide bonds. The van der Waals surface area contributed by atoms with Crippen LogP contribution in [0.2, 0.25) is 10.0 Å². The molecule has 0 saturated heterocycles. The number of carbonyl (C=O) groups is 1. The van der Waals surface area contributed by atoms with Crippen LogP contribution in [0.5, 0.6) is 0 Å². The van der Waals surface area contributed by atoms with Gasteiger partial charge in [-0.15, -0.1) is 0 Å². The Kier molecular flexibility index (Phi) is 7.45. The van der Waals surface area contributed by atoms with Crippen molar-refractivity contribution in [1.29, 1.82) is 0 Å². The second kappa shape index (κ2) is 10.8. The zero-order chi connectivity index (χ0) is 26.9. The van der Waals surface area contributed by atoms with Gasteiger partial charge in [-0.2, -0.15) is 4.31 Å². The van der Waals surface area contributed by atoms with Gasteiger partial charge in [-0.3, -0.25) is 4.79 Å². The lowest BCUT2D eigenvalue weighted by Crippen LogP contribution is -2.37. The lowest BCUT2D eigenvalue weighted by Gasteiger charge is -2.22. The Balaban J connectivity index is 1.44. The zero-order valence-electron chi connectivity index (χ0n) is 20.6. The van der Waals surface area contributed by atoms with E-state index in [1.54, 1.807) is 24.3 Å². The van der Waals surface area contributed by atoms with Crippen LogP contribution in [0.25, 0.3) is 21.8 Å². The number of rotatable bonds is 8. The summed E-state index contributed by atoms with van der Waals surface area (Å²) in [6, 6.07) is 26.6. The summed E-state index contributed by atoms with van der Waals surface area (Å²) in [5.41, 5.74) is 3.44. The molecule has 0 aliphatic rings. The number of nitrogens with zero attached hydrogens (tertiary/aromatic N) is 2. The van der Waals surface area contributed by atoms with Crippen molar-refractivity contribution in [2.24, 2.45) is 0 Å². The third-order valence-electron chi connectivity index (χ3n) is 6.39. The first-order valence-electron chi connectivity index (χ1n) is 12.1. The van der Waals surface area contributed by atoms with E-state index in [2.05, 4.69) is 28.9 Å². The van der Waals surface area contributed by atoms with Crippen LogP contribution < -0.4 is 5.32 Å². The lowest BCUT2D eigenvalue weighted by molar-refractivity contribution is -0.116. The maximum atomic E-state index is 13.5. The van der Waals surface area contributed by atoms with Crippen LogP contribution in [0.1, 0.15) is 12.5 Å². The molecule has 1 N–H and O–H groups in total. The average molecular weight is 567 g/mol. The molecule has 9 heteroatoms. The molecule has 0 unspecified atom stereocenters. The number of benzene rings is 4. The highest BCUT2D eigenvalue weighted by atomic mass is 35.5. The van der Waals surface area contributed by atoms with Crippen LogP contribution in [-0.4, -0.2) is 29.7 Å². The monoisotopic (exact) mass is 565 g/mol. The van der Waals surface area contributed by atoms with E-state index in [-0.39, 0.29) is 18.0 Å². The van der Waals surface area contributed by atoms with Crippen LogP contribution >= 0.6 is 23.2 Å². The topological polar surface area (TPSA) is 71.4 Å². The number of anilines is 1. The summed E-state index contributed by atoms with van der Waals surface area (Å²) in [6.45, 7) is 2.50. The first-order chi connectivity index (χ1) is 18.3. The molecule has 194 valence electrons. The van der Waals surface area contributed by atoms with Crippen molar-refractivity contribution in [2.45, 2.75) is 24.9 Å². The number of hydrogen-bond acceptors (Lipinski definition) is 3. The van der Waals surface area contributed by atoms with Gasteiger partial charge in [-0.05, 0) is 73.2 Å². The van der Waals surface area contributed by atoms with Gasteiger partial charge in [-0.25, -0.2) is 8.42 Å². The molecule has 1 heterocycles. The van der Waals surface area contributed by atoms with Gasteiger partial charge in [0, 0.05) is 50.6 Å². The Morgan fingerprint density at radius 2 is 1.58 bits per heavy atom. The molecule has 1 aromatic heterocycles. The summed E-state index contributed by atoms with van der Waals surface area (Å²) in [6.07, 6.45) is 0. The predicted molar refractivity (Wildman–Crippen MR) is 154 cm³/mol. The minimum absolute atomic E-state index is 0.0258. The molecular formula is C29H25Cl2N3O3S. The number of aromatic nitrogens is 1. The minimum atomic E-state index is -4.01. The third-order valence-corrected chi connectivity index (χ3v) is 8.68. The first-order valence-corrected chi connectivity index (χ1v) is 14.3. The number of carbonyl (C=O) groups excluding carboxylic acids is 1. The Morgan fingerprint density at radius 1 is 0.842 bits per heavy atom. The van der Waals surface area contributed by atoms with E-state index in [0.717, 1.165) is 32.7 Å². The normalized spacial score (nSPS) is 11.9. The number of sulfonamides is 1. The van der Waals surface area contributed by atoms with Crippen molar-refractivity contribution in [1.82, 2.24) is 8.87 Å². The van der Waals surface area contributed by atoms with Crippen molar-refractivity contribution in [3.63, 3.8) is 0 Å². The van der Waals surface area contributed by atoms with Crippen LogP contribution in [0.3, 0.4) is 0 Å². The molecule has 6 nitrogen and oxygen atoms in total. The molecule has 5 rings (SSSR count). The van der Waals surface area contributed by atoms with Crippen LogP contribution in [0.4, 0.5) is 5.69 Å². The average Bonchev–Trinajstić information content (AvgIpc) is 3.21. The van der Waals surface area contributed by atoms with E-state index in [1.165, 1.54) is 24.3 Å². The quantitative estimate of drug-likeness (QED) is 0.221. The van der Waals surface area contributed by atoms with Crippen molar-refractivity contribution in [2.75, 3.05) is 11.9 Å². The van der Waals surface area contributed by atoms with Crippen LogP contribution in [0.15, 0.2) is 95.9 Å². The molecular weight excluding hydrogens is 541 g/mol. The number of para-hydroxylation sites is 1. The number of nitrogens with one attached hydrogen (secondary N) is 1. The Morgan fingerprint density at radius 3 is 2.32 bits per heavy atom. The maximum Gasteiger partial charge on any atom is 0.243 e. The molecule has 38 heavy (non-hydrogen) atoms. The maximum absolute atomic E-state index is 13.5. The largest absolute Gasteiger partial charge is 0.341 e. The highest BCUT2D eigenvalue weighted by Crippen LogP contribution is 2.31. The molecule has 5 aromatic rings. The molecule has 0 aliphatic heterocycles. The summed E-state index contributed by atoms with van der Waals surface area (Å²) >= 11 is 12.1. The van der Waals surface area contributed by atoms with Gasteiger partial charge in [0.25, 0.3) is 0 Å². The van der Waals surface area contributed by atoms with Gasteiger partial charge in [0.2, 0.25) is 15.9 Å². The zero-order valence-corrected chi connectivity index (χ0v) is 22.9. The van der Waals surface area contributed by atoms with E-state index in [1.807, 2.05) is 30.3 Å². The second-order valence-electron chi connectivity index (χ2n) is 8.90. The lowest BCUT2D eigenvalue weighted by atomic mass is 10.1. The summed E-state index contributed by atoms with van der Waals surface area (Å²) in [5.74, 6) is -0.455. The number of amides is 1. The fourth-order valence-electron chi connectivity index (χ4n) is 4.65. The highest BCUT2D eigenvalue weighted by molar-refractivity contribution is 7.89. The van der Waals surface area contributed by atoms with Crippen molar-refractivity contribution < 1.29 is 13.2 Å². The number of hydrogen-bond donors (Lipinski definition) is 1. The van der Waals surface area contributed by atoms with Crippen LogP contribution in [0, 0.1) is 0 Å². The first kappa shape index (κ1) is 26.3. The Bertz CT molecular complexity index is 1750. The molecule has 0 atom stereocenters. The van der Waals surface area contributed by atoms with E-state index < -0.39 is 15.9 Å². The summed E-state index contributed by atoms with van der Waals surface area (Å²) in [5, 5.41) is 5.90. The predicted octanol–water partition coefficient (Wildman–Crippen LogP) is 6.95. The molecule has 0 spiro atoms. The molecule has 0 radical (unpaired) electrons. The van der Waals surface area contributed by atoms with Gasteiger partial charge in [0.15, 0.2) is 0 Å². The van der Waals surface area contributed by atoms with Gasteiger partial charge in [-0.1, -0.05) is 53.5 Å². The van der Waals surface area contributed by atoms with E-state index in [9.17, 15) is 13.2 Å². The number of aryl methyl sites for hydroxylation is 1. The van der Waals surface area contributed by atoms with Crippen molar-refractivity contribution in [3.8, 4) is 0 Å². The third kappa shape index (κ3) is 5.28. The minimum Gasteiger partial charge on any atom is -0.341 e. The molecule has 0 aliphatic carbocycles. The summed E-state index contributed by atoms with van der Waals surface area (Å²) in [4.78, 5) is 13.3. The summed E-state index contributed by atoms with van der Waals surface area (Å²) < 4.78 is 30.5. The SMILES string of the molecule is CCn1c2ccccc2c2cc(NC(=O)CN(Cc3cccc(Cl)c3)S(=O)(=O)c3ccc(Cl)cc3)ccc21. The van der Waals surface area contributed by atoms with E-state index in [4.69, 9.17) is 23.2 Å². The van der Waals surface area contributed by atoms with Gasteiger partial charge < -0.3 is 9.88 Å². The van der Waals surface area contributed by atoms with E-state index in [0.29, 0.717) is 21.3 Å². The van der Waals surface area contributed by atoms with Gasteiger partial charge >= 0.3 is 0 Å². The Labute approximate surface area is 231 Å². The molecule has 0 saturated carbocycles. The molecule has 0 bridgehead atoms. The smallest absolute Gasteiger partial charge is 0.243 e. The van der Waals surface area contributed by atoms with Gasteiger partial charge in [0.1, 0.15) is 0 Å². The fourth-order valence-corrected chi connectivity index (χ4v) is 6.38. The van der Waals surface area contributed by atoms with E-state index >= 15 is 0 Å². The standard InChI is InChI=1S/C29H25Cl2N3O3S/c1-2-34-27-9-4-3-8-25(27)26-17-23(12-15-28(26)34)32-29(35)19-33(18-20-6-5-7-22(31)16-20)38(36,37)24-13-10-21(30)11-14-24/h3-17H,2,18-19H2,1H3,(H,32,35). The summed E-state index contributed by atoms with van der Waals surface area (Å²) in [7, 11) is -4.01. The fraction of sp³-hybridized carbons (Fsp3) is 0.138. The molecule has 0 fully saturated rings. The number of fused-ring (bicyclic) bond motifs is 3. The number of halogens is 2. The second-order valence-corrected chi connectivity index (χ2v) is 11.7. The van der Waals surface area contributed by atoms with Gasteiger partial charge in [0.05, 0.1) is 11.4 Å². The Hall–Kier alpha value is -3.36. The molecule has 4 aromatic carbocycles. The van der Waals surface area contributed by atoms with Crippen LogP contribution in [-0.2, 0) is 27.9 Å². The van der Waals surface area contributed by atoms with Crippen molar-refractivity contribution >= 4 is 66.6 Å².